The third-order valence-corrected chi connectivity index (χ3v) is 8.58. The molecule has 3 atom stereocenters. The van der Waals surface area contributed by atoms with Crippen molar-refractivity contribution in [3.63, 3.8) is 0 Å². The first-order chi connectivity index (χ1) is 18.5. The second-order valence-electron chi connectivity index (χ2n) is 7.71. The number of phosphoric acid groups is 3. The van der Waals surface area contributed by atoms with Crippen LogP contribution in [0.5, 0.6) is 0 Å². The molecule has 0 bridgehead atoms. The van der Waals surface area contributed by atoms with Crippen LogP contribution in [0.2, 0.25) is 0 Å². The number of hydrogen-bond donors (Lipinski definition) is 6. The lowest BCUT2D eigenvalue weighted by atomic mass is 10.2. The van der Waals surface area contributed by atoms with Gasteiger partial charge in [-0.2, -0.15) is 8.62 Å². The van der Waals surface area contributed by atoms with Gasteiger partial charge in [-0.25, -0.2) is 18.5 Å². The van der Waals surface area contributed by atoms with Crippen molar-refractivity contribution in [1.82, 2.24) is 9.55 Å². The minimum Gasteiger partial charge on any atom is -0.508 e. The van der Waals surface area contributed by atoms with Crippen molar-refractivity contribution in [2.24, 2.45) is 0 Å². The van der Waals surface area contributed by atoms with Gasteiger partial charge in [0.05, 0.1) is 35.7 Å². The Balaban J connectivity index is 1.65. The Hall–Kier alpha value is -2.99. The second-order valence-corrected chi connectivity index (χ2v) is 12.1. The van der Waals surface area contributed by atoms with E-state index in [0.717, 1.165) is 10.8 Å². The molecule has 0 amide bonds. The molecule has 0 saturated heterocycles. The lowest BCUT2D eigenvalue weighted by molar-refractivity contribution is -0.386. The van der Waals surface area contributed by atoms with Gasteiger partial charge in [0.25, 0.3) is 11.2 Å². The molecule has 0 aliphatic carbocycles. The number of para-hydroxylation sites is 1. The Morgan fingerprint density at radius 1 is 1.02 bits per heavy atom. The molecule has 1 aromatic carbocycles. The molecule has 2 unspecified atom stereocenters. The van der Waals surface area contributed by atoms with Crippen LogP contribution in [0.3, 0.4) is 0 Å². The van der Waals surface area contributed by atoms with Gasteiger partial charge in [-0.1, -0.05) is 12.1 Å². The summed E-state index contributed by atoms with van der Waals surface area (Å²) < 4.78 is 57.0. The van der Waals surface area contributed by atoms with Crippen LogP contribution >= 0.6 is 23.5 Å². The average molecular weight is 631 g/mol. The molecule has 6 N–H and O–H groups in total. The van der Waals surface area contributed by atoms with E-state index in [1.165, 1.54) is 18.2 Å². The minimum atomic E-state index is -5.77. The molecule has 3 rings (SSSR count). The van der Waals surface area contributed by atoms with Gasteiger partial charge in [0.1, 0.15) is 12.4 Å². The number of nitrogens with zero attached hydrogens (tertiary/aromatic N) is 2. The summed E-state index contributed by atoms with van der Waals surface area (Å²) in [6, 6.07) is 5.74. The second kappa shape index (κ2) is 12.3. The van der Waals surface area contributed by atoms with Crippen molar-refractivity contribution < 1.29 is 65.9 Å². The molecule has 1 aliphatic rings. The van der Waals surface area contributed by atoms with Gasteiger partial charge in [0, 0.05) is 12.3 Å². The van der Waals surface area contributed by atoms with E-state index in [9.17, 15) is 48.3 Å². The maximum absolute atomic E-state index is 12.3. The molecule has 40 heavy (non-hydrogen) atoms. The predicted octanol–water partition coefficient (Wildman–Crippen LogP) is 1.19. The van der Waals surface area contributed by atoms with E-state index < -0.39 is 77.0 Å². The number of aliphatic hydroxyl groups is 1. The van der Waals surface area contributed by atoms with Crippen molar-refractivity contribution in [2.45, 2.75) is 25.9 Å². The highest BCUT2D eigenvalue weighted by atomic mass is 31.3. The van der Waals surface area contributed by atoms with Gasteiger partial charge in [-0.3, -0.25) is 29.0 Å². The first kappa shape index (κ1) is 31.5. The maximum Gasteiger partial charge on any atom is 0.490 e. The van der Waals surface area contributed by atoms with Crippen LogP contribution in [0.15, 0.2) is 51.6 Å². The summed E-state index contributed by atoms with van der Waals surface area (Å²) in [6.07, 6.45) is -0.709. The number of benzene rings is 1. The highest BCUT2D eigenvalue weighted by Gasteiger charge is 2.41. The number of aromatic amines is 1. The van der Waals surface area contributed by atoms with Gasteiger partial charge < -0.3 is 34.2 Å². The van der Waals surface area contributed by atoms with Crippen molar-refractivity contribution in [2.75, 3.05) is 6.61 Å². The average Bonchev–Trinajstić information content (AvgIpc) is 3.17. The highest BCUT2D eigenvalue weighted by Crippen LogP contribution is 2.66. The Morgan fingerprint density at radius 3 is 2.33 bits per heavy atom. The topological polar surface area (TPSA) is 297 Å². The molecule has 2 aromatic rings. The van der Waals surface area contributed by atoms with E-state index in [-0.39, 0.29) is 23.4 Å². The third-order valence-electron chi connectivity index (χ3n) is 4.80. The van der Waals surface area contributed by atoms with E-state index in [1.54, 1.807) is 6.07 Å². The zero-order chi connectivity index (χ0) is 29.9. The zero-order valence-corrected chi connectivity index (χ0v) is 22.3. The smallest absolute Gasteiger partial charge is 0.490 e. The fourth-order valence-electron chi connectivity index (χ4n) is 3.19. The molecule has 0 radical (unpaired) electrons. The molecule has 220 valence electrons. The van der Waals surface area contributed by atoms with E-state index in [0.29, 0.717) is 0 Å². The molecule has 0 fully saturated rings. The minimum absolute atomic E-state index is 0.108. The summed E-state index contributed by atoms with van der Waals surface area (Å²) in [5, 5.41) is 21.2. The van der Waals surface area contributed by atoms with Crippen molar-refractivity contribution >= 4 is 29.2 Å². The molecule has 1 aromatic heterocycles. The molecule has 1 aliphatic heterocycles. The summed E-state index contributed by atoms with van der Waals surface area (Å²) >= 11 is 0. The Labute approximate surface area is 221 Å². The number of nitro groups is 1. The van der Waals surface area contributed by atoms with Gasteiger partial charge in [0.2, 0.25) is 0 Å². The predicted molar refractivity (Wildman–Crippen MR) is 127 cm³/mol. The number of H-pyrrole nitrogens is 1. The number of aliphatic hydroxyl groups excluding tert-OH is 1. The molecule has 23 heteroatoms. The SMILES string of the molecule is O=c1[nH]c(=O)n([C@H]2CC(O)=C(COP(=O)(O)OP(=O)(O)OP(=O)(O)O)O2)cc1COCc1ccccc1[N+](=O)[O-]. The summed E-state index contributed by atoms with van der Waals surface area (Å²) in [4.78, 5) is 72.8. The Morgan fingerprint density at radius 2 is 1.68 bits per heavy atom. The summed E-state index contributed by atoms with van der Waals surface area (Å²) in [5.74, 6) is -1.14. The van der Waals surface area contributed by atoms with Gasteiger partial charge in [-0.15, -0.1) is 0 Å². The van der Waals surface area contributed by atoms with Gasteiger partial charge in [0.15, 0.2) is 12.0 Å². The first-order valence-corrected chi connectivity index (χ1v) is 15.0. The molecule has 20 nitrogen and oxygen atoms in total. The quantitative estimate of drug-likeness (QED) is 0.103. The van der Waals surface area contributed by atoms with Crippen LogP contribution in [0, 0.1) is 10.1 Å². The molecule has 0 saturated carbocycles. The van der Waals surface area contributed by atoms with E-state index >= 15 is 0 Å². The lowest BCUT2D eigenvalue weighted by Crippen LogP contribution is -2.34. The van der Waals surface area contributed by atoms with Crippen molar-refractivity contribution in [3.05, 3.63) is 84.1 Å². The number of nitrogens with one attached hydrogen (secondary N) is 1. The fraction of sp³-hybridized carbons (Fsp3) is 0.294. The normalized spacial score (nSPS) is 18.6. The number of rotatable bonds is 13. The monoisotopic (exact) mass is 631 g/mol. The third kappa shape index (κ3) is 8.76. The Bertz CT molecular complexity index is 1580. The standard InChI is InChI=1S/C17H20N3O17P3/c21-13-5-15(35-14(13)9-34-39(29,30)37-40(31,32)36-38(26,27)28)19-6-11(16(22)18-17(19)23)8-33-7-10-3-1-2-4-12(10)20(24)25/h1-4,6,15,21H,5,7-9H2,(H,29,30)(H,31,32)(H,18,22,23)(H2,26,27,28)/t15-/m1/s1. The lowest BCUT2D eigenvalue weighted by Gasteiger charge is -2.18. The van der Waals surface area contributed by atoms with Crippen LogP contribution in [0.4, 0.5) is 5.69 Å². The van der Waals surface area contributed by atoms with Crippen LogP contribution in [-0.4, -0.2) is 45.8 Å². The first-order valence-electron chi connectivity index (χ1n) is 10.5. The number of hydrogen-bond acceptors (Lipinski definition) is 13. The van der Waals surface area contributed by atoms with Crippen molar-refractivity contribution in [1.29, 1.82) is 0 Å². The summed E-state index contributed by atoms with van der Waals surface area (Å²) in [5.41, 5.74) is -1.91. The number of ether oxygens (including phenoxy) is 2. The van der Waals surface area contributed by atoms with Gasteiger partial charge >= 0.3 is 29.2 Å². The number of phosphoric ester groups is 1. The highest BCUT2D eigenvalue weighted by molar-refractivity contribution is 7.66. The number of nitro benzene ring substituents is 1. The van der Waals surface area contributed by atoms with E-state index in [1.807, 2.05) is 4.98 Å². The van der Waals surface area contributed by atoms with E-state index in [4.69, 9.17) is 19.3 Å². The van der Waals surface area contributed by atoms with Crippen LogP contribution in [0.1, 0.15) is 23.8 Å². The fourth-order valence-corrected chi connectivity index (χ4v) is 6.17. The van der Waals surface area contributed by atoms with Crippen LogP contribution < -0.4 is 11.2 Å². The summed E-state index contributed by atoms with van der Waals surface area (Å²) in [7, 11) is -16.9. The molecular formula is C17H20N3O17P3. The molecular weight excluding hydrogens is 611 g/mol. The van der Waals surface area contributed by atoms with E-state index in [2.05, 4.69) is 13.1 Å². The maximum atomic E-state index is 12.3. The van der Waals surface area contributed by atoms with Crippen LogP contribution in [-0.2, 0) is 49.5 Å². The number of aromatic nitrogens is 2. The van der Waals surface area contributed by atoms with Crippen molar-refractivity contribution in [3.8, 4) is 0 Å². The van der Waals surface area contributed by atoms with Gasteiger partial charge in [-0.05, 0) is 6.07 Å². The zero-order valence-electron chi connectivity index (χ0n) is 19.7. The molecule has 0 spiro atoms. The largest absolute Gasteiger partial charge is 0.508 e. The molecule has 2 heterocycles. The summed E-state index contributed by atoms with van der Waals surface area (Å²) in [6.45, 7) is -1.73. The van der Waals surface area contributed by atoms with Crippen LogP contribution in [0.25, 0.3) is 0 Å². The Kier molecular flexibility index (Phi) is 9.66.